The van der Waals surface area contributed by atoms with E-state index in [4.69, 9.17) is 5.48 Å². The minimum absolute atomic E-state index is 0.290. The second-order valence-electron chi connectivity index (χ2n) is 7.62. The number of fused-ring (bicyclic) bond motifs is 3. The average molecular weight is 416 g/mol. The molecule has 0 saturated carbocycles. The number of hydrogen-bond donors (Lipinski definition) is 0. The summed E-state index contributed by atoms with van der Waals surface area (Å²) < 4.78 is 48.2. The molecule has 5 aromatic rings. The van der Waals surface area contributed by atoms with Crippen molar-refractivity contribution in [2.24, 2.45) is 0 Å². The molecule has 5 rings (SSSR count). The highest BCUT2D eigenvalue weighted by Gasteiger charge is 2.16. The Morgan fingerprint density at radius 2 is 1.87 bits per heavy atom. The molecule has 3 heteroatoms. The van der Waals surface area contributed by atoms with Crippen LogP contribution < -0.4 is 0 Å². The van der Waals surface area contributed by atoms with Crippen LogP contribution in [0.5, 0.6) is 0 Å². The molecule has 2 aromatic heterocycles. The van der Waals surface area contributed by atoms with Crippen LogP contribution in [0.1, 0.15) is 36.4 Å². The van der Waals surface area contributed by atoms with Gasteiger partial charge in [-0.3, -0.25) is 4.98 Å². The summed E-state index contributed by atoms with van der Waals surface area (Å²) in [5, 5.41) is 1.37. The highest BCUT2D eigenvalue weighted by Crippen LogP contribution is 2.42. The van der Waals surface area contributed by atoms with Gasteiger partial charge in [0.05, 0.1) is 5.69 Å². The molecule has 0 N–H and O–H groups in total. The zero-order valence-electron chi connectivity index (χ0n) is 20.7. The predicted molar refractivity (Wildman–Crippen MR) is 127 cm³/mol. The fourth-order valence-corrected chi connectivity index (χ4v) is 5.09. The van der Waals surface area contributed by atoms with Gasteiger partial charge in [-0.05, 0) is 59.8 Å². The first kappa shape index (κ1) is 14.9. The Morgan fingerprint density at radius 1 is 1.00 bits per heavy atom. The molecule has 148 valence electrons. The Hall–Kier alpha value is -3.04. The first-order valence-corrected chi connectivity index (χ1v) is 10.6. The van der Waals surface area contributed by atoms with Gasteiger partial charge < -0.3 is 0 Å². The molecule has 0 fully saturated rings. The van der Waals surface area contributed by atoms with E-state index in [-0.39, 0.29) is 11.4 Å². The van der Waals surface area contributed by atoms with Gasteiger partial charge in [0.2, 0.25) is 0 Å². The lowest BCUT2D eigenvalue weighted by atomic mass is 9.99. The van der Waals surface area contributed by atoms with Gasteiger partial charge in [-0.2, -0.15) is 0 Å². The molecule has 3 aromatic carbocycles. The summed E-state index contributed by atoms with van der Waals surface area (Å²) in [6.07, 6.45) is 1.69. The number of halogens is 1. The normalized spacial score (nSPS) is 14.4. The fourth-order valence-electron chi connectivity index (χ4n) is 3.81. The van der Waals surface area contributed by atoms with Crippen LogP contribution in [0.2, 0.25) is 0 Å². The third-order valence-corrected chi connectivity index (χ3v) is 6.56. The lowest BCUT2D eigenvalue weighted by Crippen LogP contribution is -1.91. The molecule has 0 aliphatic rings. The van der Waals surface area contributed by atoms with Crippen LogP contribution in [-0.4, -0.2) is 4.98 Å². The van der Waals surface area contributed by atoms with Crippen molar-refractivity contribution in [2.45, 2.75) is 26.6 Å². The summed E-state index contributed by atoms with van der Waals surface area (Å²) in [5.74, 6) is -1.06. The molecule has 0 aliphatic carbocycles. The van der Waals surface area contributed by atoms with Crippen molar-refractivity contribution in [2.75, 3.05) is 0 Å². The van der Waals surface area contributed by atoms with Crippen LogP contribution in [0, 0.1) is 12.7 Å². The fraction of sp³-hybridized carbons (Fsp3) is 0.148. The number of pyridine rings is 1. The van der Waals surface area contributed by atoms with Gasteiger partial charge in [0.1, 0.15) is 5.82 Å². The average Bonchev–Trinajstić information content (AvgIpc) is 3.18. The smallest absolute Gasteiger partial charge is 0.132 e. The first-order valence-electron chi connectivity index (χ1n) is 11.7. The number of nitrogens with zero attached hydrogens (tertiary/aromatic N) is 1. The molecule has 30 heavy (non-hydrogen) atoms. The van der Waals surface area contributed by atoms with Crippen molar-refractivity contribution < 1.29 is 9.87 Å². The van der Waals surface area contributed by atoms with Crippen LogP contribution in [-0.2, 0) is 0 Å². The van der Waals surface area contributed by atoms with Gasteiger partial charge >= 0.3 is 0 Å². The number of aromatic nitrogens is 1. The highest BCUT2D eigenvalue weighted by atomic mass is 32.1. The van der Waals surface area contributed by atoms with E-state index >= 15 is 4.39 Å². The Labute approximate surface area is 185 Å². The van der Waals surface area contributed by atoms with Crippen LogP contribution >= 0.6 is 11.3 Å². The minimum Gasteiger partial charge on any atom is -0.256 e. The largest absolute Gasteiger partial charge is 0.256 e. The summed E-state index contributed by atoms with van der Waals surface area (Å²) in [7, 11) is 0. The molecule has 0 radical (unpaired) electrons. The summed E-state index contributed by atoms with van der Waals surface area (Å²) >= 11 is 1.49. The number of aryl methyl sites for hydroxylation is 1. The van der Waals surface area contributed by atoms with Gasteiger partial charge in [0.25, 0.3) is 0 Å². The van der Waals surface area contributed by atoms with Crippen molar-refractivity contribution in [3.8, 4) is 22.4 Å². The molecule has 2 heterocycles. The number of thiophene rings is 1. The maximum atomic E-state index is 15.0. The lowest BCUT2D eigenvalue weighted by Gasteiger charge is -2.08. The van der Waals surface area contributed by atoms with E-state index in [1.165, 1.54) is 17.4 Å². The second kappa shape index (κ2) is 7.33. The van der Waals surface area contributed by atoms with Gasteiger partial charge in [0.15, 0.2) is 0 Å². The molecule has 0 spiro atoms. The van der Waals surface area contributed by atoms with Gasteiger partial charge in [-0.25, -0.2) is 4.39 Å². The maximum Gasteiger partial charge on any atom is 0.132 e. The third kappa shape index (κ3) is 3.20. The summed E-state index contributed by atoms with van der Waals surface area (Å²) in [6.45, 7) is 1.48. The Kier molecular flexibility index (Phi) is 3.63. The Morgan fingerprint density at radius 3 is 2.70 bits per heavy atom. The molecule has 0 saturated heterocycles. The summed E-state index contributed by atoms with van der Waals surface area (Å²) in [5.41, 5.74) is 4.35. The molecule has 0 amide bonds. The monoisotopic (exact) mass is 415 g/mol. The molecule has 1 nitrogen and oxygen atoms in total. The third-order valence-electron chi connectivity index (χ3n) is 5.38. The zero-order chi connectivity index (χ0) is 24.3. The minimum atomic E-state index is -2.18. The molecule has 0 atom stereocenters. The van der Waals surface area contributed by atoms with E-state index in [9.17, 15) is 0 Å². The zero-order valence-corrected chi connectivity index (χ0v) is 17.5. The van der Waals surface area contributed by atoms with Crippen molar-refractivity contribution in [3.05, 3.63) is 89.9 Å². The summed E-state index contributed by atoms with van der Waals surface area (Å²) in [6, 6.07) is 19.7. The van der Waals surface area contributed by atoms with Crippen molar-refractivity contribution in [1.82, 2.24) is 4.98 Å². The SMILES string of the molecule is [2H]C([2H])([2H])c1cccc(-c2ccc3c(c2)sc2c(-c4cc(C([2H])(C)C)ccn4)ccc(F)c23)c1. The van der Waals surface area contributed by atoms with Crippen molar-refractivity contribution >= 4 is 31.5 Å². The second-order valence-corrected chi connectivity index (χ2v) is 8.67. The quantitative estimate of drug-likeness (QED) is 0.288. The molecule has 0 bridgehead atoms. The van der Waals surface area contributed by atoms with Gasteiger partial charge in [-0.15, -0.1) is 11.3 Å². The number of benzene rings is 3. The van der Waals surface area contributed by atoms with E-state index in [2.05, 4.69) is 4.98 Å². The molecule has 0 aliphatic heterocycles. The van der Waals surface area contributed by atoms with Gasteiger partial charge in [0, 0.05) is 37.4 Å². The summed E-state index contributed by atoms with van der Waals surface area (Å²) in [4.78, 5) is 4.52. The molecular weight excluding hydrogens is 389 g/mol. The van der Waals surface area contributed by atoms with Crippen LogP contribution in [0.25, 0.3) is 42.6 Å². The van der Waals surface area contributed by atoms with Gasteiger partial charge in [-0.1, -0.05) is 55.8 Å². The standard InChI is InChI=1S/C27H22FNS/c1-16(2)18-11-12-29-24(14-18)21-9-10-23(28)26-22-8-7-20(15-25(22)30-27(21)26)19-6-4-5-17(3)13-19/h4-16H,1-3H3/i3D3,16D. The Bertz CT molecular complexity index is 1550. The van der Waals surface area contributed by atoms with Crippen molar-refractivity contribution in [3.63, 3.8) is 0 Å². The van der Waals surface area contributed by atoms with E-state index in [0.29, 0.717) is 11.1 Å². The van der Waals surface area contributed by atoms with Crippen LogP contribution in [0.15, 0.2) is 72.9 Å². The van der Waals surface area contributed by atoms with E-state index in [1.807, 2.05) is 50.2 Å². The number of rotatable bonds is 3. The topological polar surface area (TPSA) is 12.9 Å². The van der Waals surface area contributed by atoms with Crippen LogP contribution in [0.4, 0.5) is 4.39 Å². The predicted octanol–water partition coefficient (Wildman–Crippen LogP) is 8.35. The highest BCUT2D eigenvalue weighted by molar-refractivity contribution is 7.26. The first-order chi connectivity index (χ1) is 16.0. The van der Waals surface area contributed by atoms with E-state index in [1.54, 1.807) is 30.5 Å². The lowest BCUT2D eigenvalue weighted by molar-refractivity contribution is 0.641. The van der Waals surface area contributed by atoms with Crippen molar-refractivity contribution in [1.29, 1.82) is 0 Å². The number of hydrogen-bond acceptors (Lipinski definition) is 2. The Balaban J connectivity index is 1.69. The molecular formula is C27H22FNS. The maximum absolute atomic E-state index is 15.0. The van der Waals surface area contributed by atoms with E-state index in [0.717, 1.165) is 37.0 Å². The van der Waals surface area contributed by atoms with Crippen LogP contribution in [0.3, 0.4) is 0 Å². The van der Waals surface area contributed by atoms with E-state index < -0.39 is 12.7 Å². The molecule has 0 unspecified atom stereocenters.